The van der Waals surface area contributed by atoms with Gasteiger partial charge in [-0.2, -0.15) is 0 Å². The van der Waals surface area contributed by atoms with Gasteiger partial charge in [0.05, 0.1) is 18.2 Å². The van der Waals surface area contributed by atoms with Crippen LogP contribution in [0.5, 0.6) is 11.5 Å². The van der Waals surface area contributed by atoms with Crippen LogP contribution in [0.15, 0.2) is 82.7 Å². The van der Waals surface area contributed by atoms with Gasteiger partial charge in [0.15, 0.2) is 4.34 Å². The molecule has 40 heavy (non-hydrogen) atoms. The number of nitrogens with zero attached hydrogens (tertiary/aromatic N) is 3. The second-order valence-electron chi connectivity index (χ2n) is 8.90. The summed E-state index contributed by atoms with van der Waals surface area (Å²) in [5.74, 6) is -0.709. The number of carbonyl (C=O) groups excluding carboxylic acids is 2. The summed E-state index contributed by atoms with van der Waals surface area (Å²) >= 11 is 8.59. The minimum atomic E-state index is -0.973. The van der Waals surface area contributed by atoms with Gasteiger partial charge in [-0.15, -0.1) is 10.2 Å². The molecule has 0 aliphatic carbocycles. The van der Waals surface area contributed by atoms with Crippen LogP contribution >= 0.6 is 34.7 Å². The highest BCUT2D eigenvalue weighted by Gasteiger charge is 2.48. The Balaban J connectivity index is 1.49. The number of ether oxygens (including phenoxy) is 1. The maximum absolute atomic E-state index is 13.4. The fraction of sp³-hybridized carbons (Fsp3) is 0.172. The normalized spacial score (nSPS) is 16.4. The van der Waals surface area contributed by atoms with E-state index >= 15 is 0 Å². The topological polar surface area (TPSA) is 113 Å². The zero-order valence-corrected chi connectivity index (χ0v) is 23.7. The van der Waals surface area contributed by atoms with Gasteiger partial charge in [0.2, 0.25) is 5.13 Å². The van der Waals surface area contributed by atoms with Gasteiger partial charge in [-0.25, -0.2) is 0 Å². The van der Waals surface area contributed by atoms with Crippen molar-refractivity contribution < 1.29 is 24.5 Å². The van der Waals surface area contributed by atoms with Crippen LogP contribution in [0.25, 0.3) is 5.76 Å². The first-order valence-corrected chi connectivity index (χ1v) is 14.6. The average molecular weight is 594 g/mol. The molecule has 8 nitrogen and oxygen atoms in total. The van der Waals surface area contributed by atoms with Crippen molar-refractivity contribution in [1.29, 1.82) is 0 Å². The van der Waals surface area contributed by atoms with Gasteiger partial charge in [0, 0.05) is 16.3 Å². The first-order valence-electron chi connectivity index (χ1n) is 12.4. The van der Waals surface area contributed by atoms with E-state index in [2.05, 4.69) is 10.2 Å². The third kappa shape index (κ3) is 5.84. The molecule has 2 N–H and O–H groups in total. The molecule has 1 aromatic heterocycles. The number of ketones is 1. The molecule has 0 spiro atoms. The van der Waals surface area contributed by atoms with E-state index in [4.69, 9.17) is 16.3 Å². The average Bonchev–Trinajstić information content (AvgIpc) is 3.54. The molecule has 0 saturated carbocycles. The Kier molecular flexibility index (Phi) is 8.39. The second kappa shape index (κ2) is 12.1. The Morgan fingerprint density at radius 1 is 1.02 bits per heavy atom. The van der Waals surface area contributed by atoms with E-state index < -0.39 is 17.7 Å². The van der Waals surface area contributed by atoms with E-state index in [0.717, 1.165) is 12.0 Å². The summed E-state index contributed by atoms with van der Waals surface area (Å²) in [5.41, 5.74) is 1.85. The Morgan fingerprint density at radius 3 is 2.40 bits per heavy atom. The zero-order valence-electron chi connectivity index (χ0n) is 21.3. The summed E-state index contributed by atoms with van der Waals surface area (Å²) in [5, 5.41) is 30.5. The number of carbonyl (C=O) groups is 2. The fourth-order valence-electron chi connectivity index (χ4n) is 4.17. The van der Waals surface area contributed by atoms with E-state index in [1.165, 1.54) is 40.1 Å². The summed E-state index contributed by atoms with van der Waals surface area (Å²) < 4.78 is 6.22. The van der Waals surface area contributed by atoms with Crippen LogP contribution < -0.4 is 9.64 Å². The number of phenols is 1. The number of halogens is 1. The number of aliphatic hydroxyl groups is 1. The van der Waals surface area contributed by atoms with Crippen molar-refractivity contribution in [3.8, 4) is 11.5 Å². The van der Waals surface area contributed by atoms with Gasteiger partial charge in [0.1, 0.15) is 17.3 Å². The van der Waals surface area contributed by atoms with Crippen molar-refractivity contribution in [2.24, 2.45) is 0 Å². The standard InChI is InChI=1S/C29H24ClN3O5S2/c1-2-15-38-22-13-7-19(8-14-22)25(35)23-24(18-5-11-21(34)12-6-18)33(27(37)26(23)36)28-31-32-29(40-28)39-16-17-3-9-20(30)10-4-17/h3-14,24,34-35H,2,15-16H2,1H3/b25-23-. The van der Waals surface area contributed by atoms with Gasteiger partial charge in [0.25, 0.3) is 5.78 Å². The molecule has 1 amide bonds. The third-order valence-corrected chi connectivity index (χ3v) is 8.51. The molecule has 0 bridgehead atoms. The Bertz CT molecular complexity index is 1550. The Hall–Kier alpha value is -3.86. The molecule has 0 radical (unpaired) electrons. The zero-order chi connectivity index (χ0) is 28.2. The molecule has 1 unspecified atom stereocenters. The van der Waals surface area contributed by atoms with Gasteiger partial charge >= 0.3 is 5.91 Å². The molecular formula is C29H24ClN3O5S2. The SMILES string of the molecule is CCCOc1ccc(/C(O)=C2/C(=O)C(=O)N(c3nnc(SCc4ccc(Cl)cc4)s3)C2c2ccc(O)cc2)cc1. The lowest BCUT2D eigenvalue weighted by molar-refractivity contribution is -0.132. The molecule has 4 aromatic rings. The van der Waals surface area contributed by atoms with Crippen molar-refractivity contribution in [1.82, 2.24) is 10.2 Å². The lowest BCUT2D eigenvalue weighted by Gasteiger charge is -2.22. The summed E-state index contributed by atoms with van der Waals surface area (Å²) in [7, 11) is 0. The molecule has 1 atom stereocenters. The van der Waals surface area contributed by atoms with Gasteiger partial charge < -0.3 is 14.9 Å². The monoisotopic (exact) mass is 593 g/mol. The number of rotatable bonds is 9. The van der Waals surface area contributed by atoms with Crippen LogP contribution in [0.1, 0.15) is 36.1 Å². The summed E-state index contributed by atoms with van der Waals surface area (Å²) in [6, 6.07) is 19.3. The number of phenolic OH excluding ortho intramolecular Hbond substituents is 1. The Labute approximate surface area is 243 Å². The molecular weight excluding hydrogens is 570 g/mol. The molecule has 1 aliphatic rings. The largest absolute Gasteiger partial charge is 0.508 e. The van der Waals surface area contributed by atoms with E-state index in [9.17, 15) is 19.8 Å². The van der Waals surface area contributed by atoms with Crippen LogP contribution in [0.4, 0.5) is 5.13 Å². The second-order valence-corrected chi connectivity index (χ2v) is 11.5. The number of hydrogen-bond acceptors (Lipinski definition) is 9. The molecule has 1 fully saturated rings. The van der Waals surface area contributed by atoms with E-state index in [1.54, 1.807) is 36.4 Å². The number of aromatic nitrogens is 2. The predicted octanol–water partition coefficient (Wildman–Crippen LogP) is 6.60. The minimum absolute atomic E-state index is 0.0279. The van der Waals surface area contributed by atoms with Gasteiger partial charge in [-0.1, -0.05) is 65.9 Å². The maximum atomic E-state index is 13.4. The number of benzene rings is 3. The molecule has 5 rings (SSSR count). The van der Waals surface area contributed by atoms with Crippen LogP contribution in [0.3, 0.4) is 0 Å². The number of anilines is 1. The fourth-order valence-corrected chi connectivity index (χ4v) is 6.12. The minimum Gasteiger partial charge on any atom is -0.508 e. The number of amides is 1. The first-order chi connectivity index (χ1) is 19.4. The third-order valence-electron chi connectivity index (χ3n) is 6.13. The van der Waals surface area contributed by atoms with Crippen molar-refractivity contribution in [2.45, 2.75) is 29.5 Å². The lowest BCUT2D eigenvalue weighted by atomic mass is 9.95. The maximum Gasteiger partial charge on any atom is 0.301 e. The number of hydrogen-bond donors (Lipinski definition) is 2. The van der Waals surface area contributed by atoms with Crippen molar-refractivity contribution >= 4 is 57.3 Å². The highest BCUT2D eigenvalue weighted by molar-refractivity contribution is 8.00. The van der Waals surface area contributed by atoms with Crippen LogP contribution in [-0.2, 0) is 15.3 Å². The molecule has 3 aromatic carbocycles. The van der Waals surface area contributed by atoms with Crippen LogP contribution in [-0.4, -0.2) is 38.7 Å². The summed E-state index contributed by atoms with van der Waals surface area (Å²) in [6.07, 6.45) is 0.852. The van der Waals surface area contributed by atoms with Crippen molar-refractivity contribution in [2.75, 3.05) is 11.5 Å². The summed E-state index contributed by atoms with van der Waals surface area (Å²) in [4.78, 5) is 28.0. The molecule has 11 heteroatoms. The van der Waals surface area contributed by atoms with Crippen molar-refractivity contribution in [3.05, 3.63) is 100 Å². The van der Waals surface area contributed by atoms with Gasteiger partial charge in [-0.3, -0.25) is 14.5 Å². The first kappa shape index (κ1) is 27.7. The highest BCUT2D eigenvalue weighted by atomic mass is 35.5. The molecule has 1 saturated heterocycles. The number of aliphatic hydroxyl groups excluding tert-OH is 1. The quantitative estimate of drug-likeness (QED) is 0.0733. The van der Waals surface area contributed by atoms with Crippen LogP contribution in [0.2, 0.25) is 5.02 Å². The molecule has 204 valence electrons. The number of aromatic hydroxyl groups is 1. The van der Waals surface area contributed by atoms with Gasteiger partial charge in [-0.05, 0) is 66.1 Å². The lowest BCUT2D eigenvalue weighted by Crippen LogP contribution is -2.29. The van der Waals surface area contributed by atoms with E-state index in [0.29, 0.717) is 38.6 Å². The smallest absolute Gasteiger partial charge is 0.301 e. The van der Waals surface area contributed by atoms with E-state index in [-0.39, 0.29) is 22.2 Å². The Morgan fingerprint density at radius 2 is 1.73 bits per heavy atom. The van der Waals surface area contributed by atoms with Crippen molar-refractivity contribution in [3.63, 3.8) is 0 Å². The predicted molar refractivity (Wildman–Crippen MR) is 156 cm³/mol. The molecule has 1 aliphatic heterocycles. The van der Waals surface area contributed by atoms with Crippen LogP contribution in [0, 0.1) is 0 Å². The highest BCUT2D eigenvalue weighted by Crippen LogP contribution is 2.44. The number of Topliss-reactive ketones (excluding diaryl/α,β-unsaturated/α-hetero) is 1. The number of thioether (sulfide) groups is 1. The van der Waals surface area contributed by atoms with E-state index in [1.807, 2.05) is 31.2 Å². The molecule has 2 heterocycles. The summed E-state index contributed by atoms with van der Waals surface area (Å²) in [6.45, 7) is 2.56.